The maximum Gasteiger partial charge on any atom is 0.153 e. The van der Waals surface area contributed by atoms with Gasteiger partial charge < -0.3 is 5.73 Å². The second kappa shape index (κ2) is 5.09. The summed E-state index contributed by atoms with van der Waals surface area (Å²) in [5, 5.41) is 7.30. The Balaban J connectivity index is 2.22. The number of nitrogens with zero attached hydrogens (tertiary/aromatic N) is 1. The van der Waals surface area contributed by atoms with E-state index in [2.05, 4.69) is 61.3 Å². The van der Waals surface area contributed by atoms with Crippen LogP contribution in [0.25, 0.3) is 22.4 Å². The maximum absolute atomic E-state index is 6.11. The SMILES string of the molecule is Cc1ccc(-c2c(N)n[nH]c2-c2ccccc2C)cc1C. The second-order valence-corrected chi connectivity index (χ2v) is 5.47. The minimum absolute atomic E-state index is 0.538. The van der Waals surface area contributed by atoms with E-state index in [0.29, 0.717) is 5.82 Å². The van der Waals surface area contributed by atoms with Crippen LogP contribution < -0.4 is 5.73 Å². The molecule has 1 aromatic heterocycles. The van der Waals surface area contributed by atoms with Gasteiger partial charge in [-0.05, 0) is 43.0 Å². The molecule has 0 aliphatic carbocycles. The van der Waals surface area contributed by atoms with Crippen LogP contribution in [0.4, 0.5) is 5.82 Å². The van der Waals surface area contributed by atoms with Crippen molar-refractivity contribution in [1.82, 2.24) is 10.2 Å². The molecule has 1 heterocycles. The number of aromatic nitrogens is 2. The van der Waals surface area contributed by atoms with Gasteiger partial charge in [-0.25, -0.2) is 0 Å². The van der Waals surface area contributed by atoms with Gasteiger partial charge in [0.25, 0.3) is 0 Å². The molecule has 0 saturated carbocycles. The molecule has 0 aliphatic heterocycles. The van der Waals surface area contributed by atoms with Gasteiger partial charge in [0, 0.05) is 5.56 Å². The Morgan fingerprint density at radius 1 is 0.905 bits per heavy atom. The van der Waals surface area contributed by atoms with E-state index < -0.39 is 0 Å². The third-order valence-corrected chi connectivity index (χ3v) is 4.00. The summed E-state index contributed by atoms with van der Waals surface area (Å²) in [6.07, 6.45) is 0. The lowest BCUT2D eigenvalue weighted by atomic mass is 9.96. The van der Waals surface area contributed by atoms with Crippen LogP contribution >= 0.6 is 0 Å². The number of nitrogen functional groups attached to an aromatic ring is 1. The molecule has 106 valence electrons. The van der Waals surface area contributed by atoms with E-state index in [4.69, 9.17) is 5.73 Å². The van der Waals surface area contributed by atoms with E-state index in [0.717, 1.165) is 22.4 Å². The number of benzene rings is 2. The van der Waals surface area contributed by atoms with Gasteiger partial charge in [-0.15, -0.1) is 0 Å². The smallest absolute Gasteiger partial charge is 0.153 e. The van der Waals surface area contributed by atoms with Crippen molar-refractivity contribution in [2.45, 2.75) is 20.8 Å². The monoisotopic (exact) mass is 277 g/mol. The van der Waals surface area contributed by atoms with Crippen molar-refractivity contribution in [2.75, 3.05) is 5.73 Å². The molecule has 3 nitrogen and oxygen atoms in total. The van der Waals surface area contributed by atoms with E-state index >= 15 is 0 Å². The molecule has 0 radical (unpaired) electrons. The average molecular weight is 277 g/mol. The Bertz CT molecular complexity index is 800. The Morgan fingerprint density at radius 3 is 2.38 bits per heavy atom. The molecule has 0 spiro atoms. The first-order valence-electron chi connectivity index (χ1n) is 7.05. The molecule has 0 saturated heterocycles. The van der Waals surface area contributed by atoms with Crippen molar-refractivity contribution in [1.29, 1.82) is 0 Å². The fraction of sp³-hybridized carbons (Fsp3) is 0.167. The van der Waals surface area contributed by atoms with Crippen LogP contribution in [-0.2, 0) is 0 Å². The molecule has 0 amide bonds. The zero-order chi connectivity index (χ0) is 15.0. The molecule has 0 aliphatic rings. The second-order valence-electron chi connectivity index (χ2n) is 5.47. The molecule has 2 aromatic carbocycles. The molecule has 3 aromatic rings. The first-order valence-corrected chi connectivity index (χ1v) is 7.05. The molecule has 21 heavy (non-hydrogen) atoms. The highest BCUT2D eigenvalue weighted by atomic mass is 15.2. The van der Waals surface area contributed by atoms with Crippen molar-refractivity contribution in [3.05, 3.63) is 59.2 Å². The fourth-order valence-electron chi connectivity index (χ4n) is 2.59. The third-order valence-electron chi connectivity index (χ3n) is 4.00. The van der Waals surface area contributed by atoms with Crippen LogP contribution in [0, 0.1) is 20.8 Å². The predicted molar refractivity (Wildman–Crippen MR) is 88.1 cm³/mol. The summed E-state index contributed by atoms with van der Waals surface area (Å²) in [6, 6.07) is 14.6. The molecule has 3 heteroatoms. The van der Waals surface area contributed by atoms with Gasteiger partial charge in [-0.2, -0.15) is 5.10 Å². The fourth-order valence-corrected chi connectivity index (χ4v) is 2.59. The summed E-state index contributed by atoms with van der Waals surface area (Å²) in [5.74, 6) is 0.538. The number of aromatic amines is 1. The van der Waals surface area contributed by atoms with E-state index in [-0.39, 0.29) is 0 Å². The number of anilines is 1. The topological polar surface area (TPSA) is 54.7 Å². The van der Waals surface area contributed by atoms with Gasteiger partial charge in [0.2, 0.25) is 0 Å². The predicted octanol–water partition coefficient (Wildman–Crippen LogP) is 4.25. The van der Waals surface area contributed by atoms with Crippen molar-refractivity contribution in [3.63, 3.8) is 0 Å². The third kappa shape index (κ3) is 2.31. The minimum Gasteiger partial charge on any atom is -0.382 e. The number of aryl methyl sites for hydroxylation is 3. The van der Waals surface area contributed by atoms with Crippen molar-refractivity contribution in [2.24, 2.45) is 0 Å². The number of nitrogens with one attached hydrogen (secondary N) is 1. The maximum atomic E-state index is 6.11. The Morgan fingerprint density at radius 2 is 1.67 bits per heavy atom. The molecule has 0 fully saturated rings. The van der Waals surface area contributed by atoms with Crippen molar-refractivity contribution >= 4 is 5.82 Å². The van der Waals surface area contributed by atoms with Gasteiger partial charge in [0.15, 0.2) is 5.82 Å². The van der Waals surface area contributed by atoms with Crippen molar-refractivity contribution in [3.8, 4) is 22.4 Å². The molecular formula is C18H19N3. The summed E-state index contributed by atoms with van der Waals surface area (Å²) >= 11 is 0. The molecule has 3 N–H and O–H groups in total. The van der Waals surface area contributed by atoms with Gasteiger partial charge in [-0.3, -0.25) is 5.10 Å². The lowest BCUT2D eigenvalue weighted by molar-refractivity contribution is 1.10. The summed E-state index contributed by atoms with van der Waals surface area (Å²) < 4.78 is 0. The zero-order valence-corrected chi connectivity index (χ0v) is 12.6. The standard InChI is InChI=1S/C18H19N3/c1-11-8-9-14(10-13(11)3)16-17(20-21-18(16)19)15-7-5-4-6-12(15)2/h4-10H,1-3H3,(H3,19,20,21). The number of rotatable bonds is 2. The van der Waals surface area contributed by atoms with Crippen LogP contribution in [0.15, 0.2) is 42.5 Å². The van der Waals surface area contributed by atoms with Crippen LogP contribution in [0.2, 0.25) is 0 Å². The van der Waals surface area contributed by atoms with Gasteiger partial charge >= 0.3 is 0 Å². The zero-order valence-electron chi connectivity index (χ0n) is 12.6. The van der Waals surface area contributed by atoms with Crippen LogP contribution in [0.5, 0.6) is 0 Å². The quantitative estimate of drug-likeness (QED) is 0.735. The van der Waals surface area contributed by atoms with Crippen LogP contribution in [0.3, 0.4) is 0 Å². The summed E-state index contributed by atoms with van der Waals surface area (Å²) in [4.78, 5) is 0. The first kappa shape index (κ1) is 13.4. The molecule has 0 bridgehead atoms. The molecular weight excluding hydrogens is 258 g/mol. The normalized spacial score (nSPS) is 10.8. The van der Waals surface area contributed by atoms with Gasteiger partial charge in [0.1, 0.15) is 0 Å². The number of hydrogen-bond donors (Lipinski definition) is 2. The lowest BCUT2D eigenvalue weighted by Crippen LogP contribution is -1.91. The summed E-state index contributed by atoms with van der Waals surface area (Å²) in [7, 11) is 0. The summed E-state index contributed by atoms with van der Waals surface area (Å²) in [6.45, 7) is 6.32. The van der Waals surface area contributed by atoms with E-state index in [1.54, 1.807) is 0 Å². The van der Waals surface area contributed by atoms with Crippen LogP contribution in [-0.4, -0.2) is 10.2 Å². The molecule has 0 unspecified atom stereocenters. The van der Waals surface area contributed by atoms with Gasteiger partial charge in [-0.1, -0.05) is 42.5 Å². The number of nitrogens with two attached hydrogens (primary N) is 1. The highest BCUT2D eigenvalue weighted by Crippen LogP contribution is 2.36. The highest BCUT2D eigenvalue weighted by molar-refractivity contribution is 5.88. The van der Waals surface area contributed by atoms with E-state index in [9.17, 15) is 0 Å². The van der Waals surface area contributed by atoms with Crippen LogP contribution in [0.1, 0.15) is 16.7 Å². The number of H-pyrrole nitrogens is 1. The Labute approximate surface area is 124 Å². The number of hydrogen-bond acceptors (Lipinski definition) is 2. The largest absolute Gasteiger partial charge is 0.382 e. The van der Waals surface area contributed by atoms with Gasteiger partial charge in [0.05, 0.1) is 11.3 Å². The highest BCUT2D eigenvalue weighted by Gasteiger charge is 2.16. The van der Waals surface area contributed by atoms with Crippen molar-refractivity contribution < 1.29 is 0 Å². The first-order chi connectivity index (χ1) is 10.1. The Kier molecular flexibility index (Phi) is 3.26. The van der Waals surface area contributed by atoms with E-state index in [1.165, 1.54) is 16.7 Å². The minimum atomic E-state index is 0.538. The molecule has 0 atom stereocenters. The summed E-state index contributed by atoms with van der Waals surface area (Å²) in [5.41, 5.74) is 14.0. The lowest BCUT2D eigenvalue weighted by Gasteiger charge is -2.09. The van der Waals surface area contributed by atoms with E-state index in [1.807, 2.05) is 12.1 Å². The Hall–Kier alpha value is -2.55. The average Bonchev–Trinajstić information content (AvgIpc) is 2.84. The molecule has 3 rings (SSSR count).